The number of benzene rings is 2. The number of carbonyl (C=O) groups is 1. The molecule has 0 saturated heterocycles. The van der Waals surface area contributed by atoms with E-state index in [2.05, 4.69) is 0 Å². The summed E-state index contributed by atoms with van der Waals surface area (Å²) >= 11 is 0. The number of rotatable bonds is 4. The summed E-state index contributed by atoms with van der Waals surface area (Å²) < 4.78 is 56.9. The van der Waals surface area contributed by atoms with Crippen LogP contribution < -0.4 is 4.74 Å². The van der Waals surface area contributed by atoms with Crippen molar-refractivity contribution in [1.82, 2.24) is 0 Å². The average molecular weight is 328 g/mol. The summed E-state index contributed by atoms with van der Waals surface area (Å²) in [5.74, 6) is -1.80. The summed E-state index contributed by atoms with van der Waals surface area (Å²) in [6, 6.07) is 6.34. The van der Waals surface area contributed by atoms with E-state index in [1.807, 2.05) is 0 Å². The van der Waals surface area contributed by atoms with E-state index in [1.54, 1.807) is 6.92 Å². The highest BCUT2D eigenvalue weighted by molar-refractivity contribution is 5.75. The quantitative estimate of drug-likeness (QED) is 0.852. The van der Waals surface area contributed by atoms with Crippen LogP contribution in [0.3, 0.4) is 0 Å². The maximum Gasteiger partial charge on any atom is 0.416 e. The van der Waals surface area contributed by atoms with Gasteiger partial charge in [-0.25, -0.2) is 9.18 Å². The molecule has 0 bridgehead atoms. The average Bonchev–Trinajstić information content (AvgIpc) is 2.44. The fraction of sp³-hybridized carbons (Fsp3) is 0.188. The number of alkyl halides is 3. The third kappa shape index (κ3) is 4.00. The summed E-state index contributed by atoms with van der Waals surface area (Å²) in [6.45, 7) is 0.845. The van der Waals surface area contributed by atoms with E-state index in [9.17, 15) is 22.4 Å². The Kier molecular flexibility index (Phi) is 4.58. The van der Waals surface area contributed by atoms with Gasteiger partial charge in [0, 0.05) is 5.56 Å². The number of hydrogen-bond donors (Lipinski definition) is 1. The first-order valence-electron chi connectivity index (χ1n) is 6.51. The lowest BCUT2D eigenvalue weighted by molar-refractivity contribution is -0.140. The number of hydrogen-bond acceptors (Lipinski definition) is 2. The number of ether oxygens (including phenoxy) is 1. The van der Waals surface area contributed by atoms with Crippen LogP contribution in [0.2, 0.25) is 0 Å². The first-order valence-corrected chi connectivity index (χ1v) is 6.51. The summed E-state index contributed by atoms with van der Waals surface area (Å²) in [7, 11) is 0. The van der Waals surface area contributed by atoms with Gasteiger partial charge in [0.2, 0.25) is 0 Å². The van der Waals surface area contributed by atoms with Crippen molar-refractivity contribution in [3.8, 4) is 16.9 Å². The van der Waals surface area contributed by atoms with E-state index in [0.717, 1.165) is 24.3 Å². The first kappa shape index (κ1) is 16.8. The molecule has 0 amide bonds. The van der Waals surface area contributed by atoms with Crippen LogP contribution in [-0.2, 0) is 11.0 Å². The van der Waals surface area contributed by atoms with Gasteiger partial charge in [-0.05, 0) is 48.4 Å². The molecule has 2 rings (SSSR count). The maximum atomic E-state index is 13.2. The molecule has 122 valence electrons. The highest BCUT2D eigenvalue weighted by atomic mass is 19.4. The predicted molar refractivity (Wildman–Crippen MR) is 74.7 cm³/mol. The molecule has 0 aromatic heterocycles. The third-order valence-corrected chi connectivity index (χ3v) is 3.14. The molecule has 0 fully saturated rings. The van der Waals surface area contributed by atoms with E-state index >= 15 is 0 Å². The number of carboxylic acid groups (broad SMARTS) is 1. The first-order chi connectivity index (χ1) is 10.7. The zero-order chi connectivity index (χ0) is 17.2. The summed E-state index contributed by atoms with van der Waals surface area (Å²) in [4.78, 5) is 10.6. The van der Waals surface area contributed by atoms with Gasteiger partial charge >= 0.3 is 12.1 Å². The summed E-state index contributed by atoms with van der Waals surface area (Å²) in [6.07, 6.45) is -4.56. The maximum absolute atomic E-state index is 13.2. The van der Waals surface area contributed by atoms with Crippen LogP contribution in [0.4, 0.5) is 17.6 Å². The monoisotopic (exact) mass is 328 g/mol. The smallest absolute Gasteiger partial charge is 0.416 e. The van der Waals surface area contributed by atoms with Gasteiger partial charge in [0.25, 0.3) is 0 Å². The molecular formula is C16H12F4O3. The van der Waals surface area contributed by atoms with E-state index in [4.69, 9.17) is 9.84 Å². The van der Waals surface area contributed by atoms with Crippen LogP contribution in [-0.4, -0.2) is 17.7 Å². The summed E-state index contributed by atoms with van der Waals surface area (Å²) in [5, 5.41) is 8.66. The van der Waals surface area contributed by atoms with Crippen LogP contribution in [0.1, 0.15) is 11.1 Å². The number of carboxylic acids is 1. The summed E-state index contributed by atoms with van der Waals surface area (Å²) in [5.41, 5.74) is -0.111. The van der Waals surface area contributed by atoms with Crippen molar-refractivity contribution in [2.24, 2.45) is 0 Å². The second-order valence-electron chi connectivity index (χ2n) is 4.85. The minimum atomic E-state index is -4.56. The van der Waals surface area contributed by atoms with E-state index in [-0.39, 0.29) is 11.3 Å². The van der Waals surface area contributed by atoms with Gasteiger partial charge in [-0.2, -0.15) is 13.2 Å². The van der Waals surface area contributed by atoms with Crippen LogP contribution in [0, 0.1) is 12.7 Å². The molecule has 2 aromatic carbocycles. The Morgan fingerprint density at radius 3 is 2.39 bits per heavy atom. The Morgan fingerprint density at radius 1 is 1.13 bits per heavy atom. The Bertz CT molecular complexity index is 739. The van der Waals surface area contributed by atoms with Crippen molar-refractivity contribution in [3.63, 3.8) is 0 Å². The Labute approximate surface area is 129 Å². The van der Waals surface area contributed by atoms with Gasteiger partial charge in [0.15, 0.2) is 6.61 Å². The lowest BCUT2D eigenvalue weighted by Crippen LogP contribution is -2.11. The molecule has 0 spiro atoms. The van der Waals surface area contributed by atoms with Crippen LogP contribution in [0.15, 0.2) is 36.4 Å². The number of halogens is 4. The largest absolute Gasteiger partial charge is 0.481 e. The molecule has 0 aliphatic rings. The van der Waals surface area contributed by atoms with Gasteiger partial charge < -0.3 is 9.84 Å². The number of aryl methyl sites for hydroxylation is 1. The van der Waals surface area contributed by atoms with Crippen molar-refractivity contribution in [3.05, 3.63) is 53.3 Å². The van der Waals surface area contributed by atoms with Crippen molar-refractivity contribution in [2.75, 3.05) is 6.61 Å². The normalized spacial score (nSPS) is 11.3. The third-order valence-electron chi connectivity index (χ3n) is 3.14. The minimum absolute atomic E-state index is 0.0184. The highest BCUT2D eigenvalue weighted by Gasteiger charge is 2.31. The van der Waals surface area contributed by atoms with E-state index < -0.39 is 30.1 Å². The van der Waals surface area contributed by atoms with Crippen LogP contribution in [0.5, 0.6) is 5.75 Å². The van der Waals surface area contributed by atoms with Crippen molar-refractivity contribution < 1.29 is 32.2 Å². The molecule has 0 saturated carbocycles. The standard InChI is InChI=1S/C16H12F4O3/c1-9-6-11(17)3-4-12(9)13-7-10(16(18,19)20)2-5-14(13)23-8-15(21)22/h2-7H,8H2,1H3,(H,21,22). The topological polar surface area (TPSA) is 46.5 Å². The van der Waals surface area contributed by atoms with Crippen molar-refractivity contribution in [1.29, 1.82) is 0 Å². The molecule has 0 unspecified atom stereocenters. The van der Waals surface area contributed by atoms with Crippen LogP contribution in [0.25, 0.3) is 11.1 Å². The SMILES string of the molecule is Cc1cc(F)ccc1-c1cc(C(F)(F)F)ccc1OCC(=O)O. The van der Waals surface area contributed by atoms with Gasteiger partial charge in [-0.1, -0.05) is 6.07 Å². The predicted octanol–water partition coefficient (Wildman–Crippen LogP) is 4.28. The van der Waals surface area contributed by atoms with Gasteiger partial charge in [-0.3, -0.25) is 0 Å². The molecule has 1 N–H and O–H groups in total. The molecule has 0 radical (unpaired) electrons. The Morgan fingerprint density at radius 2 is 1.83 bits per heavy atom. The molecule has 3 nitrogen and oxygen atoms in total. The van der Waals surface area contributed by atoms with E-state index in [1.165, 1.54) is 12.1 Å². The Hall–Kier alpha value is -2.57. The zero-order valence-corrected chi connectivity index (χ0v) is 11.9. The molecule has 7 heteroatoms. The van der Waals surface area contributed by atoms with E-state index in [0.29, 0.717) is 11.1 Å². The molecule has 0 aliphatic carbocycles. The second kappa shape index (κ2) is 6.28. The second-order valence-corrected chi connectivity index (χ2v) is 4.85. The van der Waals surface area contributed by atoms with Gasteiger partial charge in [-0.15, -0.1) is 0 Å². The van der Waals surface area contributed by atoms with Gasteiger partial charge in [0.05, 0.1) is 5.56 Å². The van der Waals surface area contributed by atoms with Crippen molar-refractivity contribution in [2.45, 2.75) is 13.1 Å². The molecular weight excluding hydrogens is 316 g/mol. The molecule has 0 atom stereocenters. The molecule has 2 aromatic rings. The molecule has 23 heavy (non-hydrogen) atoms. The van der Waals surface area contributed by atoms with Gasteiger partial charge in [0.1, 0.15) is 11.6 Å². The van der Waals surface area contributed by atoms with Crippen LogP contribution >= 0.6 is 0 Å². The zero-order valence-electron chi connectivity index (χ0n) is 11.9. The lowest BCUT2D eigenvalue weighted by atomic mass is 9.97. The minimum Gasteiger partial charge on any atom is -0.481 e. The van der Waals surface area contributed by atoms with Crippen molar-refractivity contribution >= 4 is 5.97 Å². The lowest BCUT2D eigenvalue weighted by Gasteiger charge is -2.15. The molecule has 0 heterocycles. The fourth-order valence-corrected chi connectivity index (χ4v) is 2.11. The fourth-order valence-electron chi connectivity index (χ4n) is 2.11. The Balaban J connectivity index is 2.57. The number of aliphatic carboxylic acids is 1. The highest BCUT2D eigenvalue weighted by Crippen LogP contribution is 2.38. The molecule has 0 aliphatic heterocycles.